The minimum atomic E-state index is 0.695. The van der Waals surface area contributed by atoms with Gasteiger partial charge in [0.2, 0.25) is 0 Å². The van der Waals surface area contributed by atoms with Gasteiger partial charge in [-0.1, -0.05) is 76.7 Å². The Hall–Kier alpha value is -2.66. The molecule has 0 aliphatic carbocycles. The quantitative estimate of drug-likeness (QED) is 0.376. The second-order valence-electron chi connectivity index (χ2n) is 6.44. The Balaban J connectivity index is 0. The van der Waals surface area contributed by atoms with Crippen LogP contribution in [-0.4, -0.2) is 14.2 Å². The third-order valence-electron chi connectivity index (χ3n) is 3.67. The van der Waals surface area contributed by atoms with Gasteiger partial charge in [0.25, 0.3) is 0 Å². The maximum atomic E-state index is 5.27. The van der Waals surface area contributed by atoms with Gasteiger partial charge < -0.3 is 9.47 Å². The molecule has 0 heterocycles. The molecule has 0 amide bonds. The molecule has 0 atom stereocenters. The lowest BCUT2D eigenvalue weighted by Crippen LogP contribution is -1.90. The fraction of sp³-hybridized carbons (Fsp3) is 0.429. The number of hydrogen-bond donors (Lipinski definition) is 0. The van der Waals surface area contributed by atoms with Gasteiger partial charge in [0.1, 0.15) is 0 Å². The maximum absolute atomic E-state index is 5.27. The van der Waals surface area contributed by atoms with Gasteiger partial charge in [0.15, 0.2) is 11.5 Å². The number of hydrogen-bond acceptors (Lipinski definition) is 2. The van der Waals surface area contributed by atoms with Gasteiger partial charge in [-0.3, -0.25) is 0 Å². The molecule has 0 aliphatic heterocycles. The van der Waals surface area contributed by atoms with E-state index in [0.29, 0.717) is 11.5 Å². The predicted molar refractivity (Wildman–Crippen MR) is 134 cm³/mol. The van der Waals surface area contributed by atoms with Crippen LogP contribution in [0.2, 0.25) is 0 Å². The average Bonchev–Trinajstić information content (AvgIpc) is 2.80. The summed E-state index contributed by atoms with van der Waals surface area (Å²) in [4.78, 5) is 0. The van der Waals surface area contributed by atoms with Crippen LogP contribution < -0.4 is 9.47 Å². The lowest BCUT2D eigenvalue weighted by molar-refractivity contribution is 0.355. The largest absolute Gasteiger partial charge is 0.493 e. The van der Waals surface area contributed by atoms with Crippen molar-refractivity contribution in [2.45, 2.75) is 68.2 Å². The predicted octanol–water partition coefficient (Wildman–Crippen LogP) is 8.08. The summed E-state index contributed by atoms with van der Waals surface area (Å²) in [6.45, 7) is 16.6. The lowest BCUT2D eigenvalue weighted by atomic mass is 10.1. The van der Waals surface area contributed by atoms with Gasteiger partial charge >= 0.3 is 0 Å². The van der Waals surface area contributed by atoms with Crippen molar-refractivity contribution in [3.05, 3.63) is 70.8 Å². The van der Waals surface area contributed by atoms with Crippen LogP contribution in [0.3, 0.4) is 0 Å². The Bertz CT molecular complexity index is 755. The molecule has 0 aromatic heterocycles. The molecule has 166 valence electrons. The van der Waals surface area contributed by atoms with E-state index in [0.717, 1.165) is 17.5 Å². The molecule has 0 aliphatic rings. The van der Waals surface area contributed by atoms with E-state index >= 15 is 0 Å². The number of aryl methyl sites for hydroxylation is 1. The third-order valence-corrected chi connectivity index (χ3v) is 3.67. The van der Waals surface area contributed by atoms with Crippen molar-refractivity contribution in [2.24, 2.45) is 0 Å². The van der Waals surface area contributed by atoms with Crippen molar-refractivity contribution in [1.29, 1.82) is 0 Å². The topological polar surface area (TPSA) is 18.5 Å². The third kappa shape index (κ3) is 13.5. The molecule has 2 rings (SSSR count). The van der Waals surface area contributed by atoms with Crippen molar-refractivity contribution in [1.82, 2.24) is 0 Å². The summed E-state index contributed by atoms with van der Waals surface area (Å²) in [5.41, 5.74) is 4.62. The maximum Gasteiger partial charge on any atom is 0.161 e. The molecule has 0 saturated carbocycles. The fourth-order valence-electron chi connectivity index (χ4n) is 1.88. The summed E-state index contributed by atoms with van der Waals surface area (Å²) >= 11 is 0. The van der Waals surface area contributed by atoms with E-state index in [1.54, 1.807) is 14.2 Å². The van der Waals surface area contributed by atoms with E-state index in [4.69, 9.17) is 9.47 Å². The van der Waals surface area contributed by atoms with Crippen molar-refractivity contribution >= 4 is 0 Å². The molecule has 0 spiro atoms. The van der Waals surface area contributed by atoms with Gasteiger partial charge in [-0.2, -0.15) is 0 Å². The monoisotopic (exact) mass is 410 g/mol. The van der Waals surface area contributed by atoms with E-state index in [9.17, 15) is 0 Å². The zero-order valence-corrected chi connectivity index (χ0v) is 20.8. The first-order chi connectivity index (χ1) is 14.4. The number of benzene rings is 2. The van der Waals surface area contributed by atoms with Gasteiger partial charge in [0.05, 0.1) is 14.2 Å². The zero-order valence-electron chi connectivity index (χ0n) is 20.8. The summed E-state index contributed by atoms with van der Waals surface area (Å²) in [6, 6.07) is 14.0. The molecule has 30 heavy (non-hydrogen) atoms. The number of allylic oxidation sites excluding steroid dienone is 2. The highest BCUT2D eigenvalue weighted by Crippen LogP contribution is 2.27. The highest BCUT2D eigenvalue weighted by Gasteiger charge is 2.02. The van der Waals surface area contributed by atoms with E-state index in [1.807, 2.05) is 51.1 Å². The van der Waals surface area contributed by atoms with Crippen molar-refractivity contribution in [2.75, 3.05) is 14.2 Å². The Morgan fingerprint density at radius 3 is 1.63 bits per heavy atom. The van der Waals surface area contributed by atoms with Crippen LogP contribution in [0, 0.1) is 11.8 Å². The Kier molecular flexibility index (Phi) is 19.3. The van der Waals surface area contributed by atoms with Crippen molar-refractivity contribution in [3.63, 3.8) is 0 Å². The first-order valence-corrected chi connectivity index (χ1v) is 10.9. The van der Waals surface area contributed by atoms with Gasteiger partial charge in [-0.15, -0.1) is 0 Å². The van der Waals surface area contributed by atoms with Crippen LogP contribution in [0.4, 0.5) is 0 Å². The lowest BCUT2D eigenvalue weighted by Gasteiger charge is -2.06. The smallest absolute Gasteiger partial charge is 0.161 e. The first kappa shape index (κ1) is 29.5. The molecule has 0 unspecified atom stereocenters. The van der Waals surface area contributed by atoms with Crippen LogP contribution in [0.5, 0.6) is 11.5 Å². The fourth-order valence-corrected chi connectivity index (χ4v) is 1.88. The Morgan fingerprint density at radius 1 is 0.800 bits per heavy atom. The van der Waals surface area contributed by atoms with E-state index in [2.05, 4.69) is 64.7 Å². The Morgan fingerprint density at radius 2 is 1.23 bits per heavy atom. The summed E-state index contributed by atoms with van der Waals surface area (Å²) < 4.78 is 10.5. The normalized spacial score (nSPS) is 8.33. The SMILES string of the molecule is CC.CC=C(C)C.CCC.CCc1ccc(C#Cc2ccc(OC)c(OC)c2)cc1. The molecule has 0 fully saturated rings. The van der Waals surface area contributed by atoms with Crippen LogP contribution in [0.25, 0.3) is 0 Å². The van der Waals surface area contributed by atoms with E-state index in [1.165, 1.54) is 17.6 Å². The molecule has 2 aromatic rings. The summed E-state index contributed by atoms with van der Waals surface area (Å²) in [6.07, 6.45) is 4.38. The summed E-state index contributed by atoms with van der Waals surface area (Å²) in [5, 5.41) is 0. The van der Waals surface area contributed by atoms with Gasteiger partial charge in [0, 0.05) is 11.1 Å². The highest BCUT2D eigenvalue weighted by molar-refractivity contribution is 5.50. The molecule has 2 heteroatoms. The standard InChI is InChI=1S/C18H18O2.C5H10.C3H8.C2H6/c1-4-14-5-7-15(8-6-14)9-10-16-11-12-17(19-2)18(13-16)20-3;1-4-5(2)3;1-3-2;1-2/h5-8,11-13H,4H2,1-3H3;4H,1-3H3;3H2,1-2H3;1-2H3. The van der Waals surface area contributed by atoms with Crippen LogP contribution >= 0.6 is 0 Å². The van der Waals surface area contributed by atoms with Crippen LogP contribution in [0.1, 0.15) is 78.5 Å². The molecule has 0 saturated heterocycles. The molecular formula is C28H42O2. The van der Waals surface area contributed by atoms with E-state index < -0.39 is 0 Å². The molecule has 0 bridgehead atoms. The van der Waals surface area contributed by atoms with E-state index in [-0.39, 0.29) is 0 Å². The minimum absolute atomic E-state index is 0.695. The van der Waals surface area contributed by atoms with Crippen LogP contribution in [-0.2, 0) is 6.42 Å². The number of rotatable bonds is 3. The van der Waals surface area contributed by atoms with Crippen molar-refractivity contribution < 1.29 is 9.47 Å². The molecule has 0 radical (unpaired) electrons. The molecular weight excluding hydrogens is 368 g/mol. The second kappa shape index (κ2) is 19.6. The number of methoxy groups -OCH3 is 2. The van der Waals surface area contributed by atoms with Crippen LogP contribution in [0.15, 0.2) is 54.1 Å². The average molecular weight is 411 g/mol. The summed E-state index contributed by atoms with van der Waals surface area (Å²) in [7, 11) is 3.25. The van der Waals surface area contributed by atoms with Gasteiger partial charge in [-0.25, -0.2) is 0 Å². The molecule has 0 N–H and O–H groups in total. The number of ether oxygens (including phenoxy) is 2. The van der Waals surface area contributed by atoms with Gasteiger partial charge in [-0.05, 0) is 63.1 Å². The first-order valence-electron chi connectivity index (χ1n) is 10.9. The highest BCUT2D eigenvalue weighted by atomic mass is 16.5. The summed E-state index contributed by atoms with van der Waals surface area (Å²) in [5.74, 6) is 7.70. The molecule has 2 nitrogen and oxygen atoms in total. The Labute approximate surface area is 186 Å². The second-order valence-corrected chi connectivity index (χ2v) is 6.44. The minimum Gasteiger partial charge on any atom is -0.493 e. The zero-order chi connectivity index (χ0) is 23.4. The van der Waals surface area contributed by atoms with Crippen molar-refractivity contribution in [3.8, 4) is 23.3 Å². The molecule has 2 aromatic carbocycles.